The van der Waals surface area contributed by atoms with Crippen molar-refractivity contribution in [3.05, 3.63) is 75.3 Å². The van der Waals surface area contributed by atoms with Gasteiger partial charge < -0.3 is 0 Å². The average molecular weight is 423 g/mol. The average Bonchev–Trinajstić information content (AvgIpc) is 3.14. The lowest BCUT2D eigenvalue weighted by atomic mass is 9.85. The number of hydrogen-bond donors (Lipinski definition) is 0. The summed E-state index contributed by atoms with van der Waals surface area (Å²) >= 11 is 3.66. The third kappa shape index (κ3) is 2.14. The molecule has 0 saturated carbocycles. The van der Waals surface area contributed by atoms with E-state index in [4.69, 9.17) is 0 Å². The summed E-state index contributed by atoms with van der Waals surface area (Å²) in [5, 5.41) is 4.37. The lowest BCUT2D eigenvalue weighted by Crippen LogP contribution is -2.49. The molecule has 2 aromatic rings. The molecule has 27 heavy (non-hydrogen) atoms. The molecule has 0 spiro atoms. The molecular weight excluding hydrogens is 400 g/mol. The molecule has 2 heterocycles. The predicted octanol–water partition coefficient (Wildman–Crippen LogP) is 5.33. The van der Waals surface area contributed by atoms with Gasteiger partial charge in [0.1, 0.15) is 0 Å². The molecule has 2 fully saturated rings. The topological polar surface area (TPSA) is 23.6 Å². The van der Waals surface area contributed by atoms with E-state index in [1.807, 2.05) is 5.01 Å². The summed E-state index contributed by atoms with van der Waals surface area (Å²) in [4.78, 5) is 13.0. The lowest BCUT2D eigenvalue weighted by molar-refractivity contribution is -0.145. The summed E-state index contributed by atoms with van der Waals surface area (Å²) in [6.07, 6.45) is 0.562. The molecule has 5 rings (SSSR count). The first kappa shape index (κ1) is 17.2. The molecule has 1 unspecified atom stereocenters. The van der Waals surface area contributed by atoms with Crippen molar-refractivity contribution in [2.24, 2.45) is 0 Å². The van der Waals surface area contributed by atoms with E-state index in [2.05, 4.69) is 97.2 Å². The Morgan fingerprint density at radius 2 is 1.74 bits per heavy atom. The number of nitrogens with zero attached hydrogens (tertiary/aromatic N) is 2. The second kappa shape index (κ2) is 5.33. The fourth-order valence-electron chi connectivity index (χ4n) is 5.31. The number of fused-ring (bicyclic) bond motifs is 5. The van der Waals surface area contributed by atoms with Crippen molar-refractivity contribution < 1.29 is 4.79 Å². The largest absolute Gasteiger partial charge is 0.273 e. The highest BCUT2D eigenvalue weighted by atomic mass is 79.9. The number of amides is 1. The van der Waals surface area contributed by atoms with Crippen LogP contribution in [0.5, 0.6) is 0 Å². The highest BCUT2D eigenvalue weighted by molar-refractivity contribution is 9.10. The third-order valence-electron chi connectivity index (χ3n) is 6.27. The standard InChI is InChI=1S/C23H23BrN2O/c1-22(2)13-18(27)25-23(3,4)20-19(14-8-6-5-7-9-14)17-12-15(24)10-11-16(17)21(20)26(22)25/h5-12,21H,13H2,1-4H3. The van der Waals surface area contributed by atoms with Crippen LogP contribution in [-0.2, 0) is 4.79 Å². The molecule has 0 aromatic heterocycles. The molecule has 2 aromatic carbocycles. The summed E-state index contributed by atoms with van der Waals surface area (Å²) in [6, 6.07) is 17.3. The number of carbonyl (C=O) groups is 1. The van der Waals surface area contributed by atoms with E-state index in [1.54, 1.807) is 0 Å². The molecule has 2 saturated heterocycles. The molecule has 1 amide bonds. The number of carbonyl (C=O) groups excluding carboxylic acids is 1. The minimum absolute atomic E-state index is 0.111. The van der Waals surface area contributed by atoms with Gasteiger partial charge in [0, 0.05) is 16.4 Å². The summed E-state index contributed by atoms with van der Waals surface area (Å²) in [7, 11) is 0. The molecule has 4 heteroatoms. The Bertz CT molecular complexity index is 1010. The van der Waals surface area contributed by atoms with Gasteiger partial charge in [-0.25, -0.2) is 5.01 Å². The first-order valence-corrected chi connectivity index (χ1v) is 10.2. The van der Waals surface area contributed by atoms with Crippen molar-refractivity contribution >= 4 is 27.4 Å². The second-order valence-electron chi connectivity index (χ2n) is 8.89. The van der Waals surface area contributed by atoms with Crippen LogP contribution in [0.25, 0.3) is 5.57 Å². The second-order valence-corrected chi connectivity index (χ2v) is 9.80. The van der Waals surface area contributed by atoms with E-state index in [1.165, 1.54) is 27.8 Å². The van der Waals surface area contributed by atoms with Crippen LogP contribution < -0.4 is 0 Å². The smallest absolute Gasteiger partial charge is 0.239 e. The van der Waals surface area contributed by atoms with Gasteiger partial charge in [-0.05, 0) is 67.7 Å². The summed E-state index contributed by atoms with van der Waals surface area (Å²) < 4.78 is 1.08. The van der Waals surface area contributed by atoms with Crippen LogP contribution >= 0.6 is 15.9 Å². The summed E-state index contributed by atoms with van der Waals surface area (Å²) in [6.45, 7) is 8.75. The van der Waals surface area contributed by atoms with Crippen molar-refractivity contribution in [3.8, 4) is 0 Å². The van der Waals surface area contributed by atoms with Gasteiger partial charge in [-0.2, -0.15) is 0 Å². The Labute approximate surface area is 168 Å². The molecule has 2 aliphatic heterocycles. The Morgan fingerprint density at radius 1 is 1.04 bits per heavy atom. The van der Waals surface area contributed by atoms with Crippen molar-refractivity contribution in [2.75, 3.05) is 0 Å². The van der Waals surface area contributed by atoms with E-state index in [9.17, 15) is 4.79 Å². The molecular formula is C23H23BrN2O. The normalized spacial score (nSPS) is 25.0. The Kier molecular flexibility index (Phi) is 3.40. The monoisotopic (exact) mass is 422 g/mol. The number of benzene rings is 2. The third-order valence-corrected chi connectivity index (χ3v) is 6.77. The summed E-state index contributed by atoms with van der Waals surface area (Å²) in [5.74, 6) is 0.220. The molecule has 0 N–H and O–H groups in total. The van der Waals surface area contributed by atoms with Gasteiger partial charge in [0.15, 0.2) is 0 Å². The molecule has 3 nitrogen and oxygen atoms in total. The van der Waals surface area contributed by atoms with Gasteiger partial charge in [0.25, 0.3) is 0 Å². The zero-order valence-corrected chi connectivity index (χ0v) is 17.7. The van der Waals surface area contributed by atoms with Crippen LogP contribution in [0.4, 0.5) is 0 Å². The van der Waals surface area contributed by atoms with Crippen LogP contribution in [0.15, 0.2) is 58.6 Å². The van der Waals surface area contributed by atoms with Crippen molar-refractivity contribution in [3.63, 3.8) is 0 Å². The zero-order valence-electron chi connectivity index (χ0n) is 16.1. The van der Waals surface area contributed by atoms with Gasteiger partial charge in [-0.3, -0.25) is 9.80 Å². The maximum atomic E-state index is 13.0. The number of hydrogen-bond acceptors (Lipinski definition) is 2. The van der Waals surface area contributed by atoms with E-state index in [0.717, 1.165) is 4.47 Å². The fraction of sp³-hybridized carbons (Fsp3) is 0.348. The van der Waals surface area contributed by atoms with Crippen LogP contribution in [0.2, 0.25) is 0 Å². The Hall–Kier alpha value is -1.91. The molecule has 3 aliphatic rings. The number of hydrazine groups is 1. The quantitative estimate of drug-likeness (QED) is 0.620. The molecule has 138 valence electrons. The first-order chi connectivity index (χ1) is 12.7. The van der Waals surface area contributed by atoms with E-state index in [0.29, 0.717) is 6.42 Å². The predicted molar refractivity (Wildman–Crippen MR) is 111 cm³/mol. The minimum Gasteiger partial charge on any atom is -0.273 e. The molecule has 0 radical (unpaired) electrons. The molecule has 0 bridgehead atoms. The van der Waals surface area contributed by atoms with E-state index in [-0.39, 0.29) is 23.0 Å². The van der Waals surface area contributed by atoms with Crippen molar-refractivity contribution in [1.29, 1.82) is 0 Å². The maximum absolute atomic E-state index is 13.0. The van der Waals surface area contributed by atoms with Crippen LogP contribution in [0.1, 0.15) is 56.8 Å². The fourth-order valence-corrected chi connectivity index (χ4v) is 5.67. The molecule has 1 atom stereocenters. The first-order valence-electron chi connectivity index (χ1n) is 9.46. The summed E-state index contributed by atoms with van der Waals surface area (Å²) in [5.41, 5.74) is 5.85. The van der Waals surface area contributed by atoms with E-state index >= 15 is 0 Å². The van der Waals surface area contributed by atoms with Crippen LogP contribution in [0, 0.1) is 0 Å². The van der Waals surface area contributed by atoms with E-state index < -0.39 is 0 Å². The number of halogens is 1. The van der Waals surface area contributed by atoms with Gasteiger partial charge in [0.05, 0.1) is 11.6 Å². The van der Waals surface area contributed by atoms with Gasteiger partial charge in [-0.15, -0.1) is 0 Å². The Morgan fingerprint density at radius 3 is 2.44 bits per heavy atom. The van der Waals surface area contributed by atoms with Crippen molar-refractivity contribution in [1.82, 2.24) is 10.0 Å². The van der Waals surface area contributed by atoms with Gasteiger partial charge >= 0.3 is 0 Å². The lowest BCUT2D eigenvalue weighted by Gasteiger charge is -2.38. The number of rotatable bonds is 1. The SMILES string of the molecule is CC1(C)CC(=O)N2N1C1C(=C(c3ccccc3)c3cc(Br)ccc31)C2(C)C. The highest BCUT2D eigenvalue weighted by Crippen LogP contribution is 2.61. The Balaban J connectivity index is 1.86. The van der Waals surface area contributed by atoms with Gasteiger partial charge in [0.2, 0.25) is 5.91 Å². The maximum Gasteiger partial charge on any atom is 0.239 e. The molecule has 1 aliphatic carbocycles. The van der Waals surface area contributed by atoms with Crippen molar-refractivity contribution in [2.45, 2.75) is 51.2 Å². The minimum atomic E-state index is -0.355. The van der Waals surface area contributed by atoms with Crippen LogP contribution in [0.3, 0.4) is 0 Å². The van der Waals surface area contributed by atoms with Crippen LogP contribution in [-0.4, -0.2) is 27.0 Å². The zero-order chi connectivity index (χ0) is 19.1. The van der Waals surface area contributed by atoms with Gasteiger partial charge in [-0.1, -0.05) is 52.3 Å². The highest BCUT2D eigenvalue weighted by Gasteiger charge is 2.63.